The van der Waals surface area contributed by atoms with E-state index in [0.717, 1.165) is 24.6 Å². The molecule has 3 aliphatic rings. The van der Waals surface area contributed by atoms with Crippen molar-refractivity contribution in [3.05, 3.63) is 41.5 Å². The number of hydrogen-bond acceptors (Lipinski definition) is 5. The third-order valence-electron chi connectivity index (χ3n) is 5.48. The first-order valence-electron chi connectivity index (χ1n) is 9.71. The Bertz CT molecular complexity index is 856. The van der Waals surface area contributed by atoms with Crippen molar-refractivity contribution in [2.75, 3.05) is 38.0 Å². The third-order valence-corrected chi connectivity index (χ3v) is 5.48. The van der Waals surface area contributed by atoms with Crippen LogP contribution in [0, 0.1) is 12.7 Å². The second-order valence-corrected chi connectivity index (χ2v) is 7.27. The molecule has 0 aliphatic carbocycles. The second-order valence-electron chi connectivity index (χ2n) is 7.27. The molecular formula is C20H25FN6O. The molecule has 0 unspecified atom stereocenters. The molecule has 1 saturated heterocycles. The van der Waals surface area contributed by atoms with E-state index in [4.69, 9.17) is 4.99 Å². The van der Waals surface area contributed by atoms with E-state index in [1.54, 1.807) is 24.0 Å². The molecule has 1 aromatic rings. The molecule has 4 rings (SSSR count). The fraction of sp³-hybridized carbons (Fsp3) is 0.450. The van der Waals surface area contributed by atoms with Gasteiger partial charge in [0.05, 0.1) is 12.4 Å². The number of aliphatic imine (C=N–C) groups is 2. The van der Waals surface area contributed by atoms with E-state index in [1.807, 2.05) is 12.4 Å². The van der Waals surface area contributed by atoms with Gasteiger partial charge in [-0.3, -0.25) is 4.99 Å². The van der Waals surface area contributed by atoms with E-state index in [-0.39, 0.29) is 11.8 Å². The van der Waals surface area contributed by atoms with Crippen molar-refractivity contribution in [1.82, 2.24) is 14.7 Å². The van der Waals surface area contributed by atoms with Gasteiger partial charge in [0.1, 0.15) is 17.5 Å². The maximum absolute atomic E-state index is 13.7. The van der Waals surface area contributed by atoms with Gasteiger partial charge >= 0.3 is 6.03 Å². The Labute approximate surface area is 164 Å². The zero-order valence-corrected chi connectivity index (χ0v) is 16.2. The Morgan fingerprint density at radius 1 is 1.29 bits per heavy atom. The van der Waals surface area contributed by atoms with Gasteiger partial charge in [0.25, 0.3) is 0 Å². The molecule has 7 nitrogen and oxygen atoms in total. The lowest BCUT2D eigenvalue weighted by Crippen LogP contribution is -2.50. The highest BCUT2D eigenvalue weighted by atomic mass is 19.1. The Balaban J connectivity index is 1.35. The van der Waals surface area contributed by atoms with Crippen molar-refractivity contribution >= 4 is 23.9 Å². The highest BCUT2D eigenvalue weighted by Crippen LogP contribution is 2.21. The summed E-state index contributed by atoms with van der Waals surface area (Å²) in [5, 5.41) is 2.82. The molecule has 0 saturated carbocycles. The summed E-state index contributed by atoms with van der Waals surface area (Å²) in [6.07, 6.45) is 4.91. The summed E-state index contributed by atoms with van der Waals surface area (Å²) in [7, 11) is 0. The van der Waals surface area contributed by atoms with Gasteiger partial charge in [0.2, 0.25) is 0 Å². The molecule has 1 aromatic carbocycles. The summed E-state index contributed by atoms with van der Waals surface area (Å²) < 4.78 is 13.7. The van der Waals surface area contributed by atoms with Crippen LogP contribution in [0.2, 0.25) is 0 Å². The topological polar surface area (TPSA) is 63.5 Å². The van der Waals surface area contributed by atoms with Crippen LogP contribution in [-0.2, 0) is 0 Å². The monoisotopic (exact) mass is 384 g/mol. The first-order chi connectivity index (χ1) is 13.5. The number of rotatable bonds is 3. The van der Waals surface area contributed by atoms with Crippen LogP contribution >= 0.6 is 0 Å². The van der Waals surface area contributed by atoms with Crippen LogP contribution < -0.4 is 5.32 Å². The zero-order valence-electron chi connectivity index (χ0n) is 16.2. The van der Waals surface area contributed by atoms with Gasteiger partial charge in [-0.2, -0.15) is 0 Å². The molecule has 0 spiro atoms. The minimum atomic E-state index is -0.320. The van der Waals surface area contributed by atoms with Gasteiger partial charge < -0.3 is 20.0 Å². The molecule has 3 heterocycles. The van der Waals surface area contributed by atoms with E-state index in [2.05, 4.69) is 27.0 Å². The van der Waals surface area contributed by atoms with Crippen molar-refractivity contribution in [2.45, 2.75) is 26.3 Å². The summed E-state index contributed by atoms with van der Waals surface area (Å²) in [6, 6.07) is 4.84. The molecule has 1 fully saturated rings. The molecular weight excluding hydrogens is 359 g/mol. The van der Waals surface area contributed by atoms with Crippen LogP contribution in [-0.4, -0.2) is 71.7 Å². The molecule has 3 aliphatic heterocycles. The summed E-state index contributed by atoms with van der Waals surface area (Å²) in [4.78, 5) is 27.8. The predicted molar refractivity (Wildman–Crippen MR) is 108 cm³/mol. The summed E-state index contributed by atoms with van der Waals surface area (Å²) >= 11 is 0. The number of nitrogens with one attached hydrogen (secondary N) is 1. The van der Waals surface area contributed by atoms with Crippen LogP contribution in [0.5, 0.6) is 0 Å². The molecule has 148 valence electrons. The average Bonchev–Trinajstić information content (AvgIpc) is 3.14. The van der Waals surface area contributed by atoms with Crippen molar-refractivity contribution in [3.63, 3.8) is 0 Å². The van der Waals surface area contributed by atoms with Crippen LogP contribution in [0.1, 0.15) is 18.9 Å². The Hall–Kier alpha value is -2.90. The van der Waals surface area contributed by atoms with Crippen LogP contribution in [0.15, 0.2) is 40.1 Å². The van der Waals surface area contributed by atoms with Crippen molar-refractivity contribution < 1.29 is 9.18 Å². The normalized spacial score (nSPS) is 21.4. The number of amides is 2. The smallest absolute Gasteiger partial charge is 0.321 e. The van der Waals surface area contributed by atoms with Gasteiger partial charge in [-0.25, -0.2) is 14.2 Å². The maximum Gasteiger partial charge on any atom is 0.321 e. The number of fused-ring (bicyclic) bond motifs is 1. The number of anilines is 1. The quantitative estimate of drug-likeness (QED) is 0.872. The van der Waals surface area contributed by atoms with Gasteiger partial charge in [-0.15, -0.1) is 0 Å². The first-order valence-corrected chi connectivity index (χ1v) is 9.71. The molecule has 1 atom stereocenters. The minimum Gasteiger partial charge on any atom is -0.353 e. The predicted octanol–water partition coefficient (Wildman–Crippen LogP) is 2.66. The lowest BCUT2D eigenvalue weighted by molar-refractivity contribution is 0.167. The van der Waals surface area contributed by atoms with E-state index in [9.17, 15) is 9.18 Å². The van der Waals surface area contributed by atoms with Gasteiger partial charge in [0.15, 0.2) is 0 Å². The number of hydrogen-bond donors (Lipinski definition) is 1. The molecule has 8 heteroatoms. The first kappa shape index (κ1) is 18.5. The lowest BCUT2D eigenvalue weighted by Gasteiger charge is -2.36. The average molecular weight is 384 g/mol. The lowest BCUT2D eigenvalue weighted by atomic mass is 10.2. The van der Waals surface area contributed by atoms with Crippen LogP contribution in [0.4, 0.5) is 14.9 Å². The fourth-order valence-electron chi connectivity index (χ4n) is 3.60. The van der Waals surface area contributed by atoms with Crippen molar-refractivity contribution in [2.24, 2.45) is 9.98 Å². The Kier molecular flexibility index (Phi) is 5.02. The SMILES string of the molecule is CC[C@H]1CN2C=NC(N3CCN(C(=O)Nc4cccc(F)c4C)CC3)=CC2=N1. The third kappa shape index (κ3) is 3.58. The number of amidine groups is 1. The minimum absolute atomic E-state index is 0.202. The second kappa shape index (κ2) is 7.61. The largest absolute Gasteiger partial charge is 0.353 e. The van der Waals surface area contributed by atoms with Gasteiger partial charge in [-0.1, -0.05) is 13.0 Å². The number of halogens is 1. The number of piperazine rings is 1. The summed E-state index contributed by atoms with van der Waals surface area (Å²) in [5.74, 6) is 1.55. The molecule has 0 bridgehead atoms. The number of benzene rings is 1. The van der Waals surface area contributed by atoms with Crippen LogP contribution in [0.3, 0.4) is 0 Å². The van der Waals surface area contributed by atoms with Gasteiger partial charge in [0, 0.05) is 50.1 Å². The highest BCUT2D eigenvalue weighted by molar-refractivity contribution is 6.03. The highest BCUT2D eigenvalue weighted by Gasteiger charge is 2.28. The Morgan fingerprint density at radius 3 is 2.82 bits per heavy atom. The van der Waals surface area contributed by atoms with Gasteiger partial charge in [-0.05, 0) is 25.5 Å². The number of carbonyl (C=O) groups excluding carboxylic acids is 1. The standard InChI is InChI=1S/C20H25FN6O/c1-3-15-12-27-13-22-18(11-19(27)23-15)25-7-9-26(10-8-25)20(28)24-17-6-4-5-16(21)14(17)2/h4-6,11,13,15H,3,7-10,12H2,1-2H3,(H,24,28)/t15-/m0/s1. The van der Waals surface area contributed by atoms with E-state index < -0.39 is 0 Å². The molecule has 28 heavy (non-hydrogen) atoms. The van der Waals surface area contributed by atoms with E-state index in [1.165, 1.54) is 6.07 Å². The Morgan fingerprint density at radius 2 is 2.07 bits per heavy atom. The molecule has 2 amide bonds. The van der Waals surface area contributed by atoms with E-state index in [0.29, 0.717) is 43.5 Å². The number of nitrogens with zero attached hydrogens (tertiary/aromatic N) is 5. The molecule has 0 aromatic heterocycles. The molecule has 1 N–H and O–H groups in total. The van der Waals surface area contributed by atoms with E-state index >= 15 is 0 Å². The number of urea groups is 1. The molecule has 0 radical (unpaired) electrons. The summed E-state index contributed by atoms with van der Waals surface area (Å²) in [6.45, 7) is 7.26. The fourth-order valence-corrected chi connectivity index (χ4v) is 3.60. The van der Waals surface area contributed by atoms with Crippen LogP contribution in [0.25, 0.3) is 0 Å². The van der Waals surface area contributed by atoms with Crippen molar-refractivity contribution in [3.8, 4) is 0 Å². The van der Waals surface area contributed by atoms with Crippen molar-refractivity contribution in [1.29, 1.82) is 0 Å². The zero-order chi connectivity index (χ0) is 19.7. The summed E-state index contributed by atoms with van der Waals surface area (Å²) in [5.41, 5.74) is 0.959. The maximum atomic E-state index is 13.7. The number of carbonyl (C=O) groups is 1.